The lowest BCUT2D eigenvalue weighted by molar-refractivity contribution is 1.31. The molecule has 0 aliphatic rings. The van der Waals surface area contributed by atoms with Gasteiger partial charge in [0.15, 0.2) is 0 Å². The minimum absolute atomic E-state index is 1.11. The molecule has 0 bridgehead atoms. The standard InChI is InChI=1S/C66H44N2/c1-3-15-49-42-58(36-31-47(49)13-1)67(65-61-21-9-5-17-53(61)40-54-18-6-10-22-62(54)65)57-34-28-45(29-35-57)25-26-46-27-30-52-44-60(38-33-51(52)39-46)68(59-37-32-48-14-2-4-16-50(48)43-59)66-63-23-11-7-19-55(63)41-56-20-8-12-24-64(56)66/h1-44H/b26-25+. The van der Waals surface area contributed by atoms with E-state index in [1.54, 1.807) is 0 Å². The van der Waals surface area contributed by atoms with Gasteiger partial charge < -0.3 is 9.80 Å². The van der Waals surface area contributed by atoms with Crippen LogP contribution < -0.4 is 9.80 Å². The van der Waals surface area contributed by atoms with Crippen LogP contribution in [-0.2, 0) is 0 Å². The van der Waals surface area contributed by atoms with Crippen LogP contribution in [0.5, 0.6) is 0 Å². The minimum Gasteiger partial charge on any atom is -0.309 e. The van der Waals surface area contributed by atoms with E-state index in [1.807, 2.05) is 0 Å². The van der Waals surface area contributed by atoms with Crippen molar-refractivity contribution in [2.75, 3.05) is 9.80 Å². The Kier molecular flexibility index (Phi) is 9.54. The summed E-state index contributed by atoms with van der Waals surface area (Å²) < 4.78 is 0. The van der Waals surface area contributed by atoms with Crippen LogP contribution in [0.1, 0.15) is 11.1 Å². The highest BCUT2D eigenvalue weighted by molar-refractivity contribution is 6.16. The maximum atomic E-state index is 2.46. The van der Waals surface area contributed by atoms with Gasteiger partial charge in [-0.25, -0.2) is 0 Å². The molecule has 0 aromatic heterocycles. The van der Waals surface area contributed by atoms with E-state index in [2.05, 4.69) is 277 Å². The molecule has 0 atom stereocenters. The van der Waals surface area contributed by atoms with Gasteiger partial charge in [0.1, 0.15) is 0 Å². The summed E-state index contributed by atoms with van der Waals surface area (Å²) in [6.07, 6.45) is 4.45. The highest BCUT2D eigenvalue weighted by Gasteiger charge is 2.21. The van der Waals surface area contributed by atoms with Gasteiger partial charge in [0.05, 0.1) is 11.4 Å². The number of nitrogens with zero attached hydrogens (tertiary/aromatic N) is 2. The van der Waals surface area contributed by atoms with Gasteiger partial charge in [-0.1, -0.05) is 200 Å². The summed E-state index contributed by atoms with van der Waals surface area (Å²) in [5.41, 5.74) is 9.13. The molecule has 0 unspecified atom stereocenters. The summed E-state index contributed by atoms with van der Waals surface area (Å²) >= 11 is 0. The van der Waals surface area contributed by atoms with Crippen molar-refractivity contribution in [3.63, 3.8) is 0 Å². The maximum absolute atomic E-state index is 2.46. The van der Waals surface area contributed by atoms with Crippen molar-refractivity contribution in [3.8, 4) is 0 Å². The molecule has 68 heavy (non-hydrogen) atoms. The predicted molar refractivity (Wildman–Crippen MR) is 294 cm³/mol. The molecule has 2 nitrogen and oxygen atoms in total. The molecule has 0 aliphatic carbocycles. The van der Waals surface area contributed by atoms with Crippen molar-refractivity contribution >= 4 is 122 Å². The molecule has 0 saturated carbocycles. The Morgan fingerprint density at radius 1 is 0.206 bits per heavy atom. The van der Waals surface area contributed by atoms with Gasteiger partial charge in [-0.15, -0.1) is 0 Å². The number of rotatable bonds is 8. The Labute approximate surface area is 395 Å². The first-order valence-electron chi connectivity index (χ1n) is 23.4. The SMILES string of the molecule is C(=C\c1ccc2cc(N(c3ccc4ccccc4c3)c3c4ccccc4cc4ccccc34)ccc2c1)/c1ccc(N(c2ccc3ccccc3c2)c2c3ccccc3cc3ccccc23)cc1. The Hall–Kier alpha value is -8.98. The topological polar surface area (TPSA) is 6.48 Å². The summed E-state index contributed by atoms with van der Waals surface area (Å²) in [5, 5.41) is 17.0. The molecule has 0 spiro atoms. The molecular weight excluding hydrogens is 821 g/mol. The lowest BCUT2D eigenvalue weighted by Crippen LogP contribution is -2.11. The number of hydrogen-bond donors (Lipinski definition) is 0. The van der Waals surface area contributed by atoms with Crippen LogP contribution in [0.2, 0.25) is 0 Å². The summed E-state index contributed by atoms with van der Waals surface area (Å²) in [6, 6.07) is 93.2. The van der Waals surface area contributed by atoms with E-state index in [0.29, 0.717) is 0 Å². The van der Waals surface area contributed by atoms with Crippen LogP contribution in [0.15, 0.2) is 255 Å². The van der Waals surface area contributed by atoms with Gasteiger partial charge in [-0.2, -0.15) is 0 Å². The highest BCUT2D eigenvalue weighted by Crippen LogP contribution is 2.47. The van der Waals surface area contributed by atoms with E-state index in [-0.39, 0.29) is 0 Å². The molecule has 0 radical (unpaired) electrons. The van der Waals surface area contributed by atoms with Crippen molar-refractivity contribution in [3.05, 3.63) is 266 Å². The lowest BCUT2D eigenvalue weighted by Gasteiger charge is -2.29. The number of anilines is 6. The van der Waals surface area contributed by atoms with E-state index >= 15 is 0 Å². The third kappa shape index (κ3) is 6.99. The predicted octanol–water partition coefficient (Wildman–Crippen LogP) is 18.9. The Balaban J connectivity index is 0.867. The molecule has 0 aliphatic heterocycles. The van der Waals surface area contributed by atoms with E-state index in [0.717, 1.165) is 33.9 Å². The van der Waals surface area contributed by atoms with Gasteiger partial charge in [0.2, 0.25) is 0 Å². The lowest BCUT2D eigenvalue weighted by atomic mass is 9.98. The van der Waals surface area contributed by atoms with Gasteiger partial charge in [-0.05, 0) is 132 Å². The molecule has 2 heteroatoms. The second-order valence-electron chi connectivity index (χ2n) is 17.8. The first kappa shape index (κ1) is 39.4. The third-order valence-electron chi connectivity index (χ3n) is 13.6. The van der Waals surface area contributed by atoms with Crippen molar-refractivity contribution in [1.29, 1.82) is 0 Å². The zero-order valence-electron chi connectivity index (χ0n) is 37.3. The number of fused-ring (bicyclic) bond motifs is 7. The molecule has 13 rings (SSSR count). The summed E-state index contributed by atoms with van der Waals surface area (Å²) in [4.78, 5) is 4.89. The minimum atomic E-state index is 1.11. The Bertz CT molecular complexity index is 4000. The van der Waals surface area contributed by atoms with Crippen molar-refractivity contribution in [2.24, 2.45) is 0 Å². The second-order valence-corrected chi connectivity index (χ2v) is 17.8. The molecule has 13 aromatic carbocycles. The van der Waals surface area contributed by atoms with Gasteiger partial charge in [-0.3, -0.25) is 0 Å². The largest absolute Gasteiger partial charge is 0.309 e. The molecule has 0 N–H and O–H groups in total. The van der Waals surface area contributed by atoms with Crippen LogP contribution in [0.4, 0.5) is 34.1 Å². The first-order chi connectivity index (χ1) is 33.7. The van der Waals surface area contributed by atoms with E-state index in [9.17, 15) is 0 Å². The zero-order chi connectivity index (χ0) is 45.0. The van der Waals surface area contributed by atoms with Crippen LogP contribution in [0, 0.1) is 0 Å². The first-order valence-corrected chi connectivity index (χ1v) is 23.4. The quantitative estimate of drug-likeness (QED) is 0.111. The Morgan fingerprint density at radius 2 is 0.500 bits per heavy atom. The van der Waals surface area contributed by atoms with Gasteiger partial charge in [0, 0.05) is 44.3 Å². The summed E-state index contributed by atoms with van der Waals surface area (Å²) in [5.74, 6) is 0. The van der Waals surface area contributed by atoms with Gasteiger partial charge in [0.25, 0.3) is 0 Å². The molecule has 13 aromatic rings. The third-order valence-corrected chi connectivity index (χ3v) is 13.6. The van der Waals surface area contributed by atoms with Crippen molar-refractivity contribution < 1.29 is 0 Å². The maximum Gasteiger partial charge on any atom is 0.0618 e. The number of hydrogen-bond acceptors (Lipinski definition) is 2. The smallest absolute Gasteiger partial charge is 0.0618 e. The zero-order valence-corrected chi connectivity index (χ0v) is 37.3. The fraction of sp³-hybridized carbons (Fsp3) is 0. The summed E-state index contributed by atoms with van der Waals surface area (Å²) in [7, 11) is 0. The fourth-order valence-electron chi connectivity index (χ4n) is 10.3. The van der Waals surface area contributed by atoms with Crippen molar-refractivity contribution in [2.45, 2.75) is 0 Å². The normalized spacial score (nSPS) is 11.8. The van der Waals surface area contributed by atoms with E-state index in [4.69, 9.17) is 0 Å². The molecule has 0 fully saturated rings. The summed E-state index contributed by atoms with van der Waals surface area (Å²) in [6.45, 7) is 0. The molecule has 0 saturated heterocycles. The van der Waals surface area contributed by atoms with Gasteiger partial charge >= 0.3 is 0 Å². The highest BCUT2D eigenvalue weighted by atomic mass is 15.2. The van der Waals surface area contributed by atoms with Crippen LogP contribution >= 0.6 is 0 Å². The molecule has 0 heterocycles. The average molecular weight is 865 g/mol. The van der Waals surface area contributed by atoms with E-state index in [1.165, 1.54) is 86.8 Å². The second kappa shape index (κ2) is 16.5. The van der Waals surface area contributed by atoms with Crippen LogP contribution in [0.3, 0.4) is 0 Å². The number of benzene rings is 13. The van der Waals surface area contributed by atoms with Crippen molar-refractivity contribution in [1.82, 2.24) is 0 Å². The van der Waals surface area contributed by atoms with Crippen LogP contribution in [-0.4, -0.2) is 0 Å². The molecule has 0 amide bonds. The molecular formula is C66H44N2. The molecule has 318 valence electrons. The van der Waals surface area contributed by atoms with E-state index < -0.39 is 0 Å². The monoisotopic (exact) mass is 864 g/mol. The Morgan fingerprint density at radius 3 is 0.956 bits per heavy atom. The van der Waals surface area contributed by atoms with Crippen LogP contribution in [0.25, 0.3) is 87.6 Å². The fourth-order valence-corrected chi connectivity index (χ4v) is 10.3. The average Bonchev–Trinajstić information content (AvgIpc) is 3.40.